The minimum absolute atomic E-state index is 0.494. The van der Waals surface area contributed by atoms with E-state index in [1.165, 1.54) is 0 Å². The Labute approximate surface area is 109 Å². The van der Waals surface area contributed by atoms with Crippen LogP contribution in [0, 0.1) is 0 Å². The second kappa shape index (κ2) is 5.68. The Bertz CT molecular complexity index is 459. The van der Waals surface area contributed by atoms with E-state index in [9.17, 15) is 14.8 Å². The van der Waals surface area contributed by atoms with Crippen molar-refractivity contribution in [2.45, 2.75) is 24.4 Å². The number of hydrogen-bond acceptors (Lipinski definition) is 5. The molecule has 0 bridgehead atoms. The van der Waals surface area contributed by atoms with E-state index < -0.39 is 38.8 Å². The number of rotatable bonds is 4. The third-order valence-electron chi connectivity index (χ3n) is 2.90. The van der Waals surface area contributed by atoms with Gasteiger partial charge in [0.25, 0.3) is 0 Å². The highest BCUT2D eigenvalue weighted by molar-refractivity contribution is 7.46. The molecule has 0 aromatic heterocycles. The van der Waals surface area contributed by atoms with Crippen molar-refractivity contribution in [3.8, 4) is 0 Å². The number of phosphoric ester groups is 1. The number of aliphatic hydroxyl groups is 2. The molecule has 0 amide bonds. The number of aliphatic hydroxyl groups excluding tert-OH is 2. The molecule has 0 spiro atoms. The highest BCUT2D eigenvalue weighted by atomic mass is 31.2. The molecule has 1 fully saturated rings. The molecule has 2 rings (SSSR count). The molecule has 7 nitrogen and oxygen atoms in total. The third kappa shape index (κ3) is 3.61. The minimum atomic E-state index is -4.63. The molecule has 1 aliphatic rings. The molecule has 0 radical (unpaired) electrons. The van der Waals surface area contributed by atoms with Crippen molar-refractivity contribution in [3.63, 3.8) is 0 Å². The van der Waals surface area contributed by atoms with Gasteiger partial charge in [-0.15, -0.1) is 0 Å². The minimum Gasteiger partial charge on any atom is -0.387 e. The summed E-state index contributed by atoms with van der Waals surface area (Å²) in [6.45, 7) is -0.494. The van der Waals surface area contributed by atoms with Gasteiger partial charge in [0.05, 0.1) is 6.61 Å². The first-order valence-corrected chi connectivity index (χ1v) is 7.18. The number of benzene rings is 1. The average Bonchev–Trinajstić information content (AvgIpc) is 2.64. The summed E-state index contributed by atoms with van der Waals surface area (Å²) in [7, 11) is -4.63. The van der Waals surface area contributed by atoms with E-state index >= 15 is 0 Å². The largest absolute Gasteiger partial charge is 0.469 e. The first-order valence-electron chi connectivity index (χ1n) is 5.65. The summed E-state index contributed by atoms with van der Waals surface area (Å²) >= 11 is 0. The Morgan fingerprint density at radius 3 is 2.37 bits per heavy atom. The maximum atomic E-state index is 10.6. The van der Waals surface area contributed by atoms with Crippen LogP contribution in [0.2, 0.25) is 0 Å². The number of ether oxygens (including phenoxy) is 1. The second-order valence-electron chi connectivity index (χ2n) is 4.27. The van der Waals surface area contributed by atoms with E-state index in [-0.39, 0.29) is 0 Å². The van der Waals surface area contributed by atoms with Crippen molar-refractivity contribution in [2.24, 2.45) is 0 Å². The Morgan fingerprint density at radius 1 is 1.16 bits per heavy atom. The molecular formula is C11H15O7P. The van der Waals surface area contributed by atoms with Crippen LogP contribution in [0.5, 0.6) is 0 Å². The lowest BCUT2D eigenvalue weighted by molar-refractivity contribution is -0.0223. The van der Waals surface area contributed by atoms with Crippen molar-refractivity contribution in [2.75, 3.05) is 6.61 Å². The topological polar surface area (TPSA) is 116 Å². The number of phosphoric acid groups is 1. The van der Waals surface area contributed by atoms with Crippen LogP contribution in [0.25, 0.3) is 0 Å². The summed E-state index contributed by atoms with van der Waals surface area (Å²) < 4.78 is 20.3. The summed E-state index contributed by atoms with van der Waals surface area (Å²) in [5, 5.41) is 19.7. The molecule has 1 aromatic rings. The van der Waals surface area contributed by atoms with Gasteiger partial charge in [-0.25, -0.2) is 4.57 Å². The van der Waals surface area contributed by atoms with Crippen LogP contribution in [0.4, 0.5) is 0 Å². The Balaban J connectivity index is 2.04. The normalized spacial score (nSPS) is 31.6. The van der Waals surface area contributed by atoms with E-state index in [0.717, 1.165) is 0 Å². The van der Waals surface area contributed by atoms with Crippen molar-refractivity contribution in [1.29, 1.82) is 0 Å². The van der Waals surface area contributed by atoms with Crippen molar-refractivity contribution < 1.29 is 33.8 Å². The van der Waals surface area contributed by atoms with Gasteiger partial charge in [0, 0.05) is 0 Å². The Kier molecular flexibility index (Phi) is 4.37. The first kappa shape index (κ1) is 14.6. The number of hydrogen-bond donors (Lipinski definition) is 4. The summed E-state index contributed by atoms with van der Waals surface area (Å²) in [6, 6.07) is 8.78. The van der Waals surface area contributed by atoms with E-state index in [1.54, 1.807) is 30.3 Å². The predicted molar refractivity (Wildman–Crippen MR) is 64.1 cm³/mol. The third-order valence-corrected chi connectivity index (χ3v) is 3.38. The van der Waals surface area contributed by atoms with Crippen LogP contribution in [-0.2, 0) is 13.8 Å². The van der Waals surface area contributed by atoms with Crippen LogP contribution in [0.3, 0.4) is 0 Å². The molecule has 4 unspecified atom stereocenters. The molecule has 4 N–H and O–H groups in total. The Morgan fingerprint density at radius 2 is 1.79 bits per heavy atom. The van der Waals surface area contributed by atoms with Gasteiger partial charge in [-0.05, 0) is 5.56 Å². The van der Waals surface area contributed by atoms with Crippen LogP contribution in [-0.4, -0.2) is 44.9 Å². The van der Waals surface area contributed by atoms with Gasteiger partial charge in [0.1, 0.15) is 24.4 Å². The standard InChI is InChI=1S/C11H15O7P/c12-9-8(6-17-19(14,15)16)18-11(10(9)13)7-4-2-1-3-5-7/h1-5,8-13H,6H2,(H2,14,15,16). The summed E-state index contributed by atoms with van der Waals surface area (Å²) in [5.74, 6) is 0. The van der Waals surface area contributed by atoms with Crippen molar-refractivity contribution in [3.05, 3.63) is 35.9 Å². The summed E-state index contributed by atoms with van der Waals surface area (Å²) in [6.07, 6.45) is -4.18. The predicted octanol–water partition coefficient (Wildman–Crippen LogP) is -0.0424. The highest BCUT2D eigenvalue weighted by Crippen LogP contribution is 2.39. The summed E-state index contributed by atoms with van der Waals surface area (Å²) in [5.41, 5.74) is 0.674. The average molecular weight is 290 g/mol. The van der Waals surface area contributed by atoms with Crippen LogP contribution in [0.15, 0.2) is 30.3 Å². The van der Waals surface area contributed by atoms with Gasteiger partial charge in [-0.3, -0.25) is 4.52 Å². The van der Waals surface area contributed by atoms with Gasteiger partial charge in [0.2, 0.25) is 0 Å². The van der Waals surface area contributed by atoms with Gasteiger partial charge in [-0.2, -0.15) is 0 Å². The first-order chi connectivity index (χ1) is 8.88. The monoisotopic (exact) mass is 290 g/mol. The fourth-order valence-corrected chi connectivity index (χ4v) is 2.32. The smallest absolute Gasteiger partial charge is 0.387 e. The molecule has 4 atom stereocenters. The molecular weight excluding hydrogens is 275 g/mol. The maximum absolute atomic E-state index is 10.6. The zero-order chi connectivity index (χ0) is 14.0. The lowest BCUT2D eigenvalue weighted by Gasteiger charge is -2.15. The molecule has 106 valence electrons. The van der Waals surface area contributed by atoms with Crippen LogP contribution in [0.1, 0.15) is 11.7 Å². The molecule has 1 saturated heterocycles. The Hall–Kier alpha value is -0.790. The lowest BCUT2D eigenvalue weighted by atomic mass is 10.0. The van der Waals surface area contributed by atoms with Gasteiger partial charge in [-0.1, -0.05) is 30.3 Å². The molecule has 0 saturated carbocycles. The molecule has 8 heteroatoms. The van der Waals surface area contributed by atoms with Crippen molar-refractivity contribution >= 4 is 7.82 Å². The van der Waals surface area contributed by atoms with Crippen LogP contribution >= 0.6 is 7.82 Å². The quantitative estimate of drug-likeness (QED) is 0.575. The molecule has 1 aromatic carbocycles. The van der Waals surface area contributed by atoms with Gasteiger partial charge >= 0.3 is 7.82 Å². The molecule has 1 aliphatic heterocycles. The van der Waals surface area contributed by atoms with Gasteiger partial charge < -0.3 is 24.7 Å². The zero-order valence-corrected chi connectivity index (χ0v) is 10.8. The van der Waals surface area contributed by atoms with E-state index in [1.807, 2.05) is 0 Å². The SMILES string of the molecule is O=P(O)(O)OCC1OC(c2ccccc2)C(O)C1O. The second-order valence-corrected chi connectivity index (χ2v) is 5.51. The molecule has 19 heavy (non-hydrogen) atoms. The highest BCUT2D eigenvalue weighted by Gasteiger charge is 2.44. The molecule has 0 aliphatic carbocycles. The van der Waals surface area contributed by atoms with Crippen molar-refractivity contribution in [1.82, 2.24) is 0 Å². The van der Waals surface area contributed by atoms with E-state index in [4.69, 9.17) is 14.5 Å². The lowest BCUT2D eigenvalue weighted by Crippen LogP contribution is -2.33. The van der Waals surface area contributed by atoms with E-state index in [0.29, 0.717) is 5.56 Å². The zero-order valence-electron chi connectivity index (χ0n) is 9.86. The fraction of sp³-hybridized carbons (Fsp3) is 0.455. The van der Waals surface area contributed by atoms with E-state index in [2.05, 4.69) is 4.52 Å². The molecule has 1 heterocycles. The van der Waals surface area contributed by atoms with Crippen LogP contribution < -0.4 is 0 Å². The fourth-order valence-electron chi connectivity index (χ4n) is 1.98. The van der Waals surface area contributed by atoms with Gasteiger partial charge in [0.15, 0.2) is 0 Å². The summed E-state index contributed by atoms with van der Waals surface area (Å²) in [4.78, 5) is 17.2. The maximum Gasteiger partial charge on any atom is 0.469 e.